The molecule has 0 unspecified atom stereocenters. The van der Waals surface area contributed by atoms with E-state index in [9.17, 15) is 19.8 Å². The number of hydrogen-bond donors (Lipinski definition) is 0. The molecule has 0 amide bonds. The first-order valence-corrected chi connectivity index (χ1v) is 9.01. The maximum absolute atomic E-state index is 10.8. The molecule has 0 aliphatic rings. The Balaban J connectivity index is 0.000000213. The van der Waals surface area contributed by atoms with Crippen molar-refractivity contribution in [1.82, 2.24) is 0 Å². The third-order valence-corrected chi connectivity index (χ3v) is 4.58. The van der Waals surface area contributed by atoms with E-state index in [1.165, 1.54) is 14.2 Å². The van der Waals surface area contributed by atoms with Crippen molar-refractivity contribution < 1.29 is 48.8 Å². The van der Waals surface area contributed by atoms with Crippen LogP contribution >= 0.6 is 0 Å². The topological polar surface area (TPSA) is 98.7 Å². The largest absolute Gasteiger partial charge is 2.00 e. The monoisotopic (exact) mass is 466 g/mol. The number of carboxylic acid groups (broad SMARTS) is 2. The molecule has 0 saturated heterocycles. The first kappa shape index (κ1) is 23.8. The molecule has 7 heteroatoms. The summed E-state index contributed by atoms with van der Waals surface area (Å²) in [6, 6.07) is 21.5. The van der Waals surface area contributed by atoms with E-state index >= 15 is 0 Å². The molecule has 0 spiro atoms. The van der Waals surface area contributed by atoms with Crippen LogP contribution in [0.3, 0.4) is 0 Å². The van der Waals surface area contributed by atoms with Gasteiger partial charge in [-0.2, -0.15) is 0 Å². The maximum atomic E-state index is 10.8. The van der Waals surface area contributed by atoms with Crippen LogP contribution in [-0.4, -0.2) is 26.2 Å². The predicted molar refractivity (Wildman–Crippen MR) is 110 cm³/mol. The van der Waals surface area contributed by atoms with E-state index in [1.807, 2.05) is 48.5 Å². The molecule has 0 fully saturated rings. The third-order valence-electron chi connectivity index (χ3n) is 4.58. The molecular formula is C24H18O6Zn. The number of ether oxygens (including phenoxy) is 2. The van der Waals surface area contributed by atoms with Gasteiger partial charge in [0.1, 0.15) is 11.5 Å². The fraction of sp³-hybridized carbons (Fsp3) is 0.0833. The van der Waals surface area contributed by atoms with Gasteiger partial charge in [0.25, 0.3) is 0 Å². The van der Waals surface area contributed by atoms with Crippen LogP contribution in [0, 0.1) is 0 Å². The minimum atomic E-state index is -1.22. The number of benzene rings is 4. The van der Waals surface area contributed by atoms with Gasteiger partial charge in [-0.05, 0) is 45.8 Å². The van der Waals surface area contributed by atoms with Crippen LogP contribution in [-0.2, 0) is 19.5 Å². The number of carbonyl (C=O) groups is 2. The van der Waals surface area contributed by atoms with E-state index in [0.29, 0.717) is 11.5 Å². The summed E-state index contributed by atoms with van der Waals surface area (Å²) in [5.74, 6) is -1.79. The minimum absolute atomic E-state index is 0. The fourth-order valence-corrected chi connectivity index (χ4v) is 3.10. The molecule has 4 rings (SSSR count). The van der Waals surface area contributed by atoms with E-state index in [2.05, 4.69) is 0 Å². The van der Waals surface area contributed by atoms with Crippen LogP contribution in [0.2, 0.25) is 0 Å². The summed E-state index contributed by atoms with van der Waals surface area (Å²) in [5.41, 5.74) is 0.160. The Hall–Kier alpha value is -3.44. The van der Waals surface area contributed by atoms with Gasteiger partial charge in [-0.25, -0.2) is 0 Å². The van der Waals surface area contributed by atoms with Gasteiger partial charge in [0.05, 0.1) is 26.2 Å². The zero-order valence-electron chi connectivity index (χ0n) is 17.1. The van der Waals surface area contributed by atoms with Gasteiger partial charge >= 0.3 is 19.5 Å². The Morgan fingerprint density at radius 3 is 1.16 bits per heavy atom. The Labute approximate surface area is 191 Å². The summed E-state index contributed by atoms with van der Waals surface area (Å²) in [6.45, 7) is 0. The van der Waals surface area contributed by atoms with E-state index in [0.717, 1.165) is 21.5 Å². The molecule has 0 aliphatic heterocycles. The molecule has 0 aromatic heterocycles. The predicted octanol–water partition coefficient (Wildman–Crippen LogP) is 2.42. The Morgan fingerprint density at radius 1 is 0.613 bits per heavy atom. The summed E-state index contributed by atoms with van der Waals surface area (Å²) < 4.78 is 9.99. The normalized spacial score (nSPS) is 9.87. The van der Waals surface area contributed by atoms with E-state index in [1.54, 1.807) is 24.3 Å². The number of methoxy groups -OCH3 is 2. The average molecular weight is 468 g/mol. The maximum Gasteiger partial charge on any atom is 2.00 e. The van der Waals surface area contributed by atoms with Crippen molar-refractivity contribution in [3.63, 3.8) is 0 Å². The zero-order chi connectivity index (χ0) is 21.7. The second-order valence-corrected chi connectivity index (χ2v) is 6.37. The fourth-order valence-electron chi connectivity index (χ4n) is 3.10. The van der Waals surface area contributed by atoms with Crippen molar-refractivity contribution in [3.8, 4) is 11.5 Å². The van der Waals surface area contributed by atoms with Gasteiger partial charge in [-0.1, -0.05) is 48.5 Å². The number of hydrogen-bond acceptors (Lipinski definition) is 6. The number of rotatable bonds is 4. The summed E-state index contributed by atoms with van der Waals surface area (Å²) in [6.07, 6.45) is 0. The van der Waals surface area contributed by atoms with Crippen molar-refractivity contribution in [3.05, 3.63) is 83.9 Å². The van der Waals surface area contributed by atoms with Crippen molar-refractivity contribution >= 4 is 33.5 Å². The van der Waals surface area contributed by atoms with Crippen molar-refractivity contribution in [2.75, 3.05) is 14.2 Å². The average Bonchev–Trinajstić information content (AvgIpc) is 2.77. The van der Waals surface area contributed by atoms with Crippen molar-refractivity contribution in [2.45, 2.75) is 0 Å². The van der Waals surface area contributed by atoms with Crippen molar-refractivity contribution in [1.29, 1.82) is 0 Å². The smallest absolute Gasteiger partial charge is 0.545 e. The van der Waals surface area contributed by atoms with Crippen molar-refractivity contribution in [2.24, 2.45) is 0 Å². The van der Waals surface area contributed by atoms with Gasteiger partial charge in [0.2, 0.25) is 0 Å². The second kappa shape index (κ2) is 10.5. The number of aromatic carboxylic acids is 2. The number of carboxylic acids is 2. The molecule has 0 aliphatic carbocycles. The molecule has 0 saturated carbocycles. The van der Waals surface area contributed by atoms with Gasteiger partial charge in [-0.15, -0.1) is 0 Å². The Morgan fingerprint density at radius 2 is 0.903 bits per heavy atom. The molecule has 0 N–H and O–H groups in total. The number of carbonyl (C=O) groups excluding carboxylic acids is 2. The quantitative estimate of drug-likeness (QED) is 0.427. The second-order valence-electron chi connectivity index (χ2n) is 6.37. The Kier molecular flexibility index (Phi) is 8.11. The molecule has 6 nitrogen and oxygen atoms in total. The molecule has 31 heavy (non-hydrogen) atoms. The first-order valence-electron chi connectivity index (χ1n) is 9.01. The van der Waals surface area contributed by atoms with Crippen LogP contribution in [0.25, 0.3) is 21.5 Å². The van der Waals surface area contributed by atoms with Gasteiger partial charge in [0.15, 0.2) is 0 Å². The first-order chi connectivity index (χ1) is 14.4. The third kappa shape index (κ3) is 5.38. The van der Waals surface area contributed by atoms with E-state index in [4.69, 9.17) is 9.47 Å². The van der Waals surface area contributed by atoms with Gasteiger partial charge in [0, 0.05) is 11.1 Å². The van der Waals surface area contributed by atoms with Gasteiger partial charge in [-0.3, -0.25) is 0 Å². The molecule has 152 valence electrons. The van der Waals surface area contributed by atoms with E-state index in [-0.39, 0.29) is 30.6 Å². The molecular weight excluding hydrogens is 450 g/mol. The zero-order valence-corrected chi connectivity index (χ0v) is 20.1. The van der Waals surface area contributed by atoms with Crippen LogP contribution in [0.15, 0.2) is 72.8 Å². The molecule has 0 radical (unpaired) electrons. The van der Waals surface area contributed by atoms with Crippen LogP contribution in [0.4, 0.5) is 0 Å². The van der Waals surface area contributed by atoms with Crippen LogP contribution < -0.4 is 19.7 Å². The summed E-state index contributed by atoms with van der Waals surface area (Å²) in [7, 11) is 2.88. The SMILES string of the molecule is COc1cc2ccccc2cc1C(=O)[O-].COc1cc2ccccc2cc1C(=O)[O-].[Zn+2]. The summed E-state index contributed by atoms with van der Waals surface area (Å²) in [5, 5.41) is 25.3. The van der Waals surface area contributed by atoms with Gasteiger partial charge < -0.3 is 29.3 Å². The van der Waals surface area contributed by atoms with E-state index < -0.39 is 11.9 Å². The van der Waals surface area contributed by atoms with Crippen LogP contribution in [0.5, 0.6) is 11.5 Å². The molecule has 0 bridgehead atoms. The Bertz CT molecular complexity index is 1140. The standard InChI is InChI=1S/2C12H10O3.Zn/c2*1-15-11-7-9-5-3-2-4-8(9)6-10(11)12(13)14;/h2*2-7H,1H3,(H,13,14);/q;;+2/p-2. The summed E-state index contributed by atoms with van der Waals surface area (Å²) >= 11 is 0. The number of fused-ring (bicyclic) bond motifs is 2. The van der Waals surface area contributed by atoms with Crippen LogP contribution in [0.1, 0.15) is 20.7 Å². The molecule has 0 atom stereocenters. The summed E-state index contributed by atoms with van der Waals surface area (Å²) in [4.78, 5) is 21.7. The molecule has 4 aromatic carbocycles. The molecule has 4 aromatic rings. The molecule has 0 heterocycles. The minimum Gasteiger partial charge on any atom is -0.545 e.